The molecule has 0 saturated carbocycles. The van der Waals surface area contributed by atoms with Crippen molar-refractivity contribution < 1.29 is 24.6 Å². The first-order valence-corrected chi connectivity index (χ1v) is 7.49. The number of hydrogen-bond donors (Lipinski definition) is 6. The molecule has 0 amide bonds. The van der Waals surface area contributed by atoms with Gasteiger partial charge >= 0.3 is 5.97 Å². The van der Waals surface area contributed by atoms with Crippen molar-refractivity contribution in [2.45, 2.75) is 23.9 Å². The van der Waals surface area contributed by atoms with Crippen LogP contribution in [0.1, 0.15) is 23.5 Å². The number of carbonyl (C=O) groups is 3. The molecule has 0 aromatic heterocycles. The molecule has 26 heavy (non-hydrogen) atoms. The first-order chi connectivity index (χ1) is 12.2. The molecule has 3 atom stereocenters. The summed E-state index contributed by atoms with van der Waals surface area (Å²) < 4.78 is 0. The second-order valence-corrected chi connectivity index (χ2v) is 5.50. The molecule has 0 spiro atoms. The second-order valence-electron chi connectivity index (χ2n) is 5.50. The number of amidine groups is 1. The molecule has 0 fully saturated rings. The molecule has 9 N–H and O–H groups in total. The second kappa shape index (κ2) is 8.87. The third-order valence-electron chi connectivity index (χ3n) is 3.78. The first kappa shape index (κ1) is 21.0. The Labute approximate surface area is 149 Å². The van der Waals surface area contributed by atoms with Gasteiger partial charge in [-0.2, -0.15) is 0 Å². The summed E-state index contributed by atoms with van der Waals surface area (Å²) in [4.78, 5) is 35.0. The van der Waals surface area contributed by atoms with Crippen molar-refractivity contribution in [3.63, 3.8) is 0 Å². The highest BCUT2D eigenvalue weighted by Crippen LogP contribution is 2.29. The largest absolute Gasteiger partial charge is 0.479 e. The number of carbonyl (C=O) groups excluding carboxylic acids is 2. The molecule has 0 heterocycles. The summed E-state index contributed by atoms with van der Waals surface area (Å²) in [5, 5.41) is 26.0. The summed E-state index contributed by atoms with van der Waals surface area (Å²) in [5.41, 5.74) is 15.0. The van der Waals surface area contributed by atoms with E-state index in [2.05, 4.69) is 11.8 Å². The normalized spacial score (nSPS) is 14.9. The van der Waals surface area contributed by atoms with E-state index >= 15 is 0 Å². The highest BCUT2D eigenvalue weighted by molar-refractivity contribution is 6.12. The summed E-state index contributed by atoms with van der Waals surface area (Å²) in [6, 6.07) is 4.34. The summed E-state index contributed by atoms with van der Waals surface area (Å²) >= 11 is 0. The molecular formula is C17H20N4O5. The monoisotopic (exact) mass is 360 g/mol. The molecule has 138 valence electrons. The first-order valence-electron chi connectivity index (χ1n) is 7.49. The van der Waals surface area contributed by atoms with Crippen LogP contribution in [0.5, 0.6) is 0 Å². The van der Waals surface area contributed by atoms with E-state index in [0.717, 1.165) is 0 Å². The standard InChI is InChI=1S/C17H20N4O5/c18-13(7-9-23)14(24)17(21,16(25)26)12(2-1-8-22)10-3-5-11(6-4-10)15(19)20/h3-6,9,12-13,22H,7-8,18,21H2,(H3,19,20)(H,25,26). The molecule has 0 radical (unpaired) electrons. The minimum absolute atomic E-state index is 0.198. The lowest BCUT2D eigenvalue weighted by molar-refractivity contribution is -0.149. The van der Waals surface area contributed by atoms with Crippen LogP contribution in [0.2, 0.25) is 0 Å². The van der Waals surface area contributed by atoms with Gasteiger partial charge in [0, 0.05) is 12.0 Å². The fourth-order valence-electron chi connectivity index (χ4n) is 2.35. The number of hydrogen-bond acceptors (Lipinski definition) is 7. The van der Waals surface area contributed by atoms with Gasteiger partial charge in [0.1, 0.15) is 18.7 Å². The van der Waals surface area contributed by atoms with Crippen LogP contribution in [0.15, 0.2) is 24.3 Å². The van der Waals surface area contributed by atoms with Crippen molar-refractivity contribution in [3.8, 4) is 11.8 Å². The number of aliphatic hydroxyl groups is 1. The van der Waals surface area contributed by atoms with Crippen molar-refractivity contribution >= 4 is 23.9 Å². The number of benzene rings is 1. The lowest BCUT2D eigenvalue weighted by Crippen LogP contribution is -2.63. The number of carboxylic acid groups (broad SMARTS) is 1. The number of Topliss-reactive ketones (excluding diaryl/α,β-unsaturated/α-hetero) is 1. The quantitative estimate of drug-likeness (QED) is 0.104. The average molecular weight is 360 g/mol. The Bertz CT molecular complexity index is 766. The zero-order valence-electron chi connectivity index (χ0n) is 13.8. The Morgan fingerprint density at radius 3 is 2.31 bits per heavy atom. The van der Waals surface area contributed by atoms with Gasteiger partial charge in [-0.25, -0.2) is 4.79 Å². The third-order valence-corrected chi connectivity index (χ3v) is 3.78. The fourth-order valence-corrected chi connectivity index (χ4v) is 2.35. The molecule has 3 unspecified atom stereocenters. The Morgan fingerprint density at radius 1 is 1.31 bits per heavy atom. The zero-order chi connectivity index (χ0) is 19.9. The van der Waals surface area contributed by atoms with Crippen LogP contribution in [0, 0.1) is 17.3 Å². The Balaban J connectivity index is 3.50. The highest BCUT2D eigenvalue weighted by atomic mass is 16.4. The molecule has 0 saturated heterocycles. The molecule has 9 nitrogen and oxygen atoms in total. The maximum Gasteiger partial charge on any atom is 0.333 e. The van der Waals surface area contributed by atoms with Gasteiger partial charge < -0.3 is 32.2 Å². The number of nitrogen functional groups attached to an aromatic ring is 1. The molecule has 1 aromatic rings. The van der Waals surface area contributed by atoms with Gasteiger partial charge in [0.2, 0.25) is 0 Å². The molecule has 0 aliphatic rings. The van der Waals surface area contributed by atoms with E-state index in [1.165, 1.54) is 24.3 Å². The molecule has 0 aliphatic heterocycles. The van der Waals surface area contributed by atoms with Gasteiger partial charge in [-0.3, -0.25) is 10.2 Å². The smallest absolute Gasteiger partial charge is 0.333 e. The van der Waals surface area contributed by atoms with Crippen LogP contribution in [0.4, 0.5) is 0 Å². The number of aliphatic carboxylic acids is 1. The lowest BCUT2D eigenvalue weighted by atomic mass is 9.74. The van der Waals surface area contributed by atoms with Crippen molar-refractivity contribution in [1.29, 1.82) is 5.41 Å². The maximum atomic E-state index is 12.6. The van der Waals surface area contributed by atoms with Gasteiger partial charge in [-0.1, -0.05) is 36.1 Å². The van der Waals surface area contributed by atoms with Gasteiger partial charge in [-0.15, -0.1) is 0 Å². The fraction of sp³-hybridized carbons (Fsp3) is 0.294. The van der Waals surface area contributed by atoms with Gasteiger partial charge in [0.15, 0.2) is 11.3 Å². The van der Waals surface area contributed by atoms with Crippen molar-refractivity contribution in [3.05, 3.63) is 35.4 Å². The summed E-state index contributed by atoms with van der Waals surface area (Å²) in [5.74, 6) is 0.500. The van der Waals surface area contributed by atoms with Crippen LogP contribution in [-0.4, -0.2) is 52.3 Å². The molecule has 0 bridgehead atoms. The number of nitrogens with one attached hydrogen (secondary N) is 1. The molecule has 0 aliphatic carbocycles. The predicted molar refractivity (Wildman–Crippen MR) is 93.3 cm³/mol. The number of nitrogens with two attached hydrogens (primary N) is 3. The van der Waals surface area contributed by atoms with E-state index in [4.69, 9.17) is 27.7 Å². The summed E-state index contributed by atoms with van der Waals surface area (Å²) in [6.45, 7) is -0.577. The number of carboxylic acids is 1. The Morgan fingerprint density at radius 2 is 1.88 bits per heavy atom. The molecule has 1 aromatic carbocycles. The predicted octanol–water partition coefficient (Wildman–Crippen LogP) is -1.68. The highest BCUT2D eigenvalue weighted by Gasteiger charge is 2.51. The van der Waals surface area contributed by atoms with Crippen molar-refractivity contribution in [2.24, 2.45) is 17.2 Å². The summed E-state index contributed by atoms with van der Waals surface area (Å²) in [7, 11) is 0. The van der Waals surface area contributed by atoms with E-state index in [9.17, 15) is 19.5 Å². The van der Waals surface area contributed by atoms with Gasteiger partial charge in [0.25, 0.3) is 0 Å². The van der Waals surface area contributed by atoms with Crippen molar-refractivity contribution in [2.75, 3.05) is 6.61 Å². The molecule has 9 heteroatoms. The minimum atomic E-state index is -2.54. The Kier molecular flexibility index (Phi) is 7.16. The minimum Gasteiger partial charge on any atom is -0.479 e. The van der Waals surface area contributed by atoms with Crippen molar-refractivity contribution in [1.82, 2.24) is 0 Å². The lowest BCUT2D eigenvalue weighted by Gasteiger charge is -2.31. The summed E-state index contributed by atoms with van der Waals surface area (Å²) in [6.07, 6.45) is -0.00458. The van der Waals surface area contributed by atoms with Crippen LogP contribution in [0.3, 0.4) is 0 Å². The van der Waals surface area contributed by atoms with E-state index < -0.39 is 42.3 Å². The number of ketones is 1. The number of rotatable bonds is 8. The van der Waals surface area contributed by atoms with Gasteiger partial charge in [-0.05, 0) is 5.56 Å². The number of aliphatic hydroxyl groups excluding tert-OH is 1. The van der Waals surface area contributed by atoms with E-state index in [0.29, 0.717) is 11.8 Å². The van der Waals surface area contributed by atoms with E-state index in [1.54, 1.807) is 0 Å². The van der Waals surface area contributed by atoms with E-state index in [1.807, 2.05) is 0 Å². The SMILES string of the molecule is N=C(N)c1ccc(C(C#CCO)C(N)(C(=O)O)C(=O)C(N)CC=O)cc1. The molecular weight excluding hydrogens is 340 g/mol. The van der Waals surface area contributed by atoms with E-state index in [-0.39, 0.29) is 11.4 Å². The topological polar surface area (TPSA) is 194 Å². The van der Waals surface area contributed by atoms with Crippen LogP contribution in [-0.2, 0) is 14.4 Å². The average Bonchev–Trinajstić information content (AvgIpc) is 2.61. The van der Waals surface area contributed by atoms with Crippen LogP contribution >= 0.6 is 0 Å². The number of aldehydes is 1. The maximum absolute atomic E-state index is 12.6. The molecule has 1 rings (SSSR count). The Hall–Kier alpha value is -3.06. The van der Waals surface area contributed by atoms with Crippen LogP contribution < -0.4 is 17.2 Å². The third kappa shape index (κ3) is 4.31. The zero-order valence-corrected chi connectivity index (χ0v) is 13.8. The van der Waals surface area contributed by atoms with Crippen LogP contribution in [0.25, 0.3) is 0 Å². The van der Waals surface area contributed by atoms with Gasteiger partial charge in [0.05, 0.1) is 12.0 Å².